The largest absolute Gasteiger partial charge is 0.394 e. The third-order valence-electron chi connectivity index (χ3n) is 5.80. The van der Waals surface area contributed by atoms with Gasteiger partial charge in [-0.2, -0.15) is 8.42 Å². The Morgan fingerprint density at radius 3 is 2.29 bits per heavy atom. The average molecular weight is 524 g/mol. The first-order chi connectivity index (χ1) is 16.3. The van der Waals surface area contributed by atoms with E-state index in [9.17, 15) is 43.9 Å². The van der Waals surface area contributed by atoms with E-state index in [1.807, 2.05) is 0 Å². The Bertz CT molecular complexity index is 1000. The van der Waals surface area contributed by atoms with Gasteiger partial charge in [-0.05, 0) is 18.6 Å². The lowest BCUT2D eigenvalue weighted by Crippen LogP contribution is -2.60. The van der Waals surface area contributed by atoms with Gasteiger partial charge in [0.15, 0.2) is 6.29 Å². The fourth-order valence-corrected chi connectivity index (χ4v) is 4.60. The Hall–Kier alpha value is -1.60. The summed E-state index contributed by atoms with van der Waals surface area (Å²) < 4.78 is 44.8. The Kier molecular flexibility index (Phi) is 8.63. The molecule has 1 unspecified atom stereocenters. The lowest BCUT2D eigenvalue weighted by molar-refractivity contribution is -0.331. The monoisotopic (exact) mass is 524 g/mol. The number of rotatable bonds is 8. The lowest BCUT2D eigenvalue weighted by atomic mass is 9.99. The standard InChI is InChI=1S/C20H28O14S/c1-9-4-2-3-5-10(9)18(27)35(29,30)32-7-12-13(22)15(24)16(25)19(33-12)31-8-20(28)17(26)14(23)11(6-21)34-20/h2-5,11-17,19,21-26,28H,6-8H2,1H3/t11-,12-,13-,14-,15+,16-,17+,19?,20-/m1/s1. The highest BCUT2D eigenvalue weighted by atomic mass is 32.2. The molecular formula is C20H28O14S. The third-order valence-corrected chi connectivity index (χ3v) is 6.92. The number of aryl methyl sites for hydroxylation is 1. The molecule has 2 heterocycles. The molecule has 1 aromatic rings. The van der Waals surface area contributed by atoms with Gasteiger partial charge in [0.25, 0.3) is 0 Å². The van der Waals surface area contributed by atoms with Gasteiger partial charge in [0.1, 0.15) is 49.3 Å². The van der Waals surface area contributed by atoms with Gasteiger partial charge < -0.3 is 50.0 Å². The van der Waals surface area contributed by atoms with Gasteiger partial charge >= 0.3 is 15.2 Å². The normalized spacial score (nSPS) is 37.9. The summed E-state index contributed by atoms with van der Waals surface area (Å²) in [6.45, 7) is -1.08. The zero-order valence-corrected chi connectivity index (χ0v) is 19.3. The molecule has 9 atom stereocenters. The molecule has 1 aromatic carbocycles. The van der Waals surface area contributed by atoms with E-state index in [2.05, 4.69) is 0 Å². The van der Waals surface area contributed by atoms with Crippen molar-refractivity contribution in [2.75, 3.05) is 19.8 Å². The van der Waals surface area contributed by atoms with Crippen molar-refractivity contribution in [3.8, 4) is 0 Å². The molecule has 0 amide bonds. The molecule has 0 saturated carbocycles. The highest BCUT2D eigenvalue weighted by Crippen LogP contribution is 2.31. The molecule has 2 aliphatic rings. The predicted molar refractivity (Wildman–Crippen MR) is 112 cm³/mol. The fraction of sp³-hybridized carbons (Fsp3) is 0.650. The number of carbonyl (C=O) groups excluding carboxylic acids is 1. The van der Waals surface area contributed by atoms with Gasteiger partial charge in [-0.25, -0.2) is 0 Å². The fourth-order valence-electron chi connectivity index (χ4n) is 3.68. The first kappa shape index (κ1) is 28.0. The van der Waals surface area contributed by atoms with Crippen LogP contribution >= 0.6 is 0 Å². The van der Waals surface area contributed by atoms with Crippen molar-refractivity contribution in [2.45, 2.75) is 61.7 Å². The minimum Gasteiger partial charge on any atom is -0.394 e. The molecule has 2 fully saturated rings. The van der Waals surface area contributed by atoms with E-state index in [0.29, 0.717) is 5.56 Å². The van der Waals surface area contributed by atoms with Crippen LogP contribution in [0, 0.1) is 6.92 Å². The molecule has 14 nitrogen and oxygen atoms in total. The molecule has 2 aliphatic heterocycles. The van der Waals surface area contributed by atoms with Crippen LogP contribution in [0.4, 0.5) is 0 Å². The minimum absolute atomic E-state index is 0.124. The first-order valence-corrected chi connectivity index (χ1v) is 11.9. The van der Waals surface area contributed by atoms with E-state index >= 15 is 0 Å². The molecule has 0 radical (unpaired) electrons. The van der Waals surface area contributed by atoms with Crippen molar-refractivity contribution >= 4 is 15.2 Å². The molecule has 0 aromatic heterocycles. The second-order valence-corrected chi connectivity index (χ2v) is 9.80. The van der Waals surface area contributed by atoms with E-state index in [4.69, 9.17) is 23.5 Å². The van der Waals surface area contributed by atoms with E-state index in [1.165, 1.54) is 25.1 Å². The molecule has 3 rings (SSSR count). The van der Waals surface area contributed by atoms with Crippen molar-refractivity contribution in [3.63, 3.8) is 0 Å². The Morgan fingerprint density at radius 1 is 1.03 bits per heavy atom. The van der Waals surface area contributed by atoms with Gasteiger partial charge in [0, 0.05) is 5.56 Å². The highest BCUT2D eigenvalue weighted by molar-refractivity contribution is 8.02. The summed E-state index contributed by atoms with van der Waals surface area (Å²) in [5.74, 6) is -2.52. The van der Waals surface area contributed by atoms with E-state index in [0.717, 1.165) is 0 Å². The van der Waals surface area contributed by atoms with Gasteiger partial charge in [-0.3, -0.25) is 8.98 Å². The maximum atomic E-state index is 12.4. The maximum absolute atomic E-state index is 12.4. The van der Waals surface area contributed by atoms with Crippen LogP contribution in [0.2, 0.25) is 0 Å². The smallest absolute Gasteiger partial charge is 0.336 e. The Labute approximate surface area is 200 Å². The Morgan fingerprint density at radius 2 is 1.69 bits per heavy atom. The van der Waals surface area contributed by atoms with Crippen molar-refractivity contribution in [1.82, 2.24) is 0 Å². The number of carbonyl (C=O) groups is 1. The van der Waals surface area contributed by atoms with Crippen molar-refractivity contribution in [1.29, 1.82) is 0 Å². The summed E-state index contributed by atoms with van der Waals surface area (Å²) in [4.78, 5) is 12.4. The number of benzene rings is 1. The summed E-state index contributed by atoms with van der Waals surface area (Å²) in [6.07, 6.45) is -14.0. The minimum atomic E-state index is -4.82. The number of hydrogen-bond donors (Lipinski definition) is 7. The topological polar surface area (TPSA) is 230 Å². The van der Waals surface area contributed by atoms with Crippen LogP contribution in [0.3, 0.4) is 0 Å². The van der Waals surface area contributed by atoms with Crippen LogP contribution in [-0.4, -0.2) is 124 Å². The summed E-state index contributed by atoms with van der Waals surface area (Å²) in [5, 5.41) is 68.4. The lowest BCUT2D eigenvalue weighted by Gasteiger charge is -2.40. The highest BCUT2D eigenvalue weighted by Gasteiger charge is 2.54. The second kappa shape index (κ2) is 10.8. The van der Waals surface area contributed by atoms with Gasteiger partial charge in [0.05, 0.1) is 13.2 Å². The molecule has 15 heteroatoms. The van der Waals surface area contributed by atoms with E-state index < -0.39 is 89.9 Å². The SMILES string of the molecule is Cc1ccccc1C(=O)S(=O)(=O)OC[C@H]1OC(OC[C@@]2(O)O[C@H](CO)[C@@H](O)[C@@H]2O)[C@H](O)[C@@H](O)[C@@H]1O. The summed E-state index contributed by atoms with van der Waals surface area (Å²) in [5.41, 5.74) is 0.259. The maximum Gasteiger partial charge on any atom is 0.336 e. The van der Waals surface area contributed by atoms with Crippen LogP contribution in [0.25, 0.3) is 0 Å². The Balaban J connectivity index is 1.65. The number of ether oxygens (including phenoxy) is 3. The van der Waals surface area contributed by atoms with E-state index in [1.54, 1.807) is 6.07 Å². The molecule has 0 aliphatic carbocycles. The van der Waals surface area contributed by atoms with Gasteiger partial charge in [-0.1, -0.05) is 18.2 Å². The second-order valence-electron chi connectivity index (χ2n) is 8.29. The molecule has 0 spiro atoms. The van der Waals surface area contributed by atoms with Crippen LogP contribution in [0.5, 0.6) is 0 Å². The van der Waals surface area contributed by atoms with Crippen molar-refractivity contribution in [3.05, 3.63) is 35.4 Å². The van der Waals surface area contributed by atoms with Crippen LogP contribution < -0.4 is 0 Å². The van der Waals surface area contributed by atoms with Crippen molar-refractivity contribution < 1.29 is 67.4 Å². The molecule has 0 bridgehead atoms. The van der Waals surface area contributed by atoms with Gasteiger partial charge in [0.2, 0.25) is 5.79 Å². The third kappa shape index (κ3) is 5.71. The first-order valence-electron chi connectivity index (χ1n) is 10.5. The molecule has 198 valence electrons. The molecule has 7 N–H and O–H groups in total. The zero-order valence-electron chi connectivity index (χ0n) is 18.4. The summed E-state index contributed by atoms with van der Waals surface area (Å²) >= 11 is 0. The summed E-state index contributed by atoms with van der Waals surface area (Å²) in [7, 11) is -4.82. The molecule has 2 saturated heterocycles. The number of aliphatic hydroxyl groups excluding tert-OH is 6. The predicted octanol–water partition coefficient (Wildman–Crippen LogP) is -3.89. The number of hydrogen-bond acceptors (Lipinski definition) is 14. The summed E-state index contributed by atoms with van der Waals surface area (Å²) in [6, 6.07) is 5.88. The molecular weight excluding hydrogens is 496 g/mol. The molecule has 35 heavy (non-hydrogen) atoms. The quantitative estimate of drug-likeness (QED) is 0.161. The van der Waals surface area contributed by atoms with E-state index in [-0.39, 0.29) is 5.56 Å². The van der Waals surface area contributed by atoms with Crippen molar-refractivity contribution in [2.24, 2.45) is 0 Å². The zero-order chi connectivity index (χ0) is 26.1. The van der Waals surface area contributed by atoms with Crippen LogP contribution in [0.15, 0.2) is 24.3 Å². The van der Waals surface area contributed by atoms with Crippen LogP contribution in [0.1, 0.15) is 15.9 Å². The van der Waals surface area contributed by atoms with Gasteiger partial charge in [-0.15, -0.1) is 0 Å². The van der Waals surface area contributed by atoms with Crippen LogP contribution in [-0.2, 0) is 28.5 Å². The number of aliphatic hydroxyl groups is 7. The average Bonchev–Trinajstić information content (AvgIpc) is 3.05.